The molecule has 0 radical (unpaired) electrons. The smallest absolute Gasteiger partial charge is 0.434 e. The van der Waals surface area contributed by atoms with E-state index < -0.39 is 52.7 Å². The number of pyridine rings is 1. The molecule has 11 heteroatoms. The first-order valence-electron chi connectivity index (χ1n) is 8.04. The van der Waals surface area contributed by atoms with Gasteiger partial charge in [-0.25, -0.2) is 23.4 Å². The Bertz CT molecular complexity index is 733. The second-order valence-electron chi connectivity index (χ2n) is 5.81. The van der Waals surface area contributed by atoms with Gasteiger partial charge in [-0.15, -0.1) is 0 Å². The lowest BCUT2D eigenvalue weighted by atomic mass is 10.0. The van der Waals surface area contributed by atoms with Crippen LogP contribution in [0, 0.1) is 5.92 Å². The van der Waals surface area contributed by atoms with E-state index in [1.165, 1.54) is 6.92 Å². The van der Waals surface area contributed by atoms with Gasteiger partial charge in [0.2, 0.25) is 0 Å². The largest absolute Gasteiger partial charge is 0.465 e. The minimum Gasteiger partial charge on any atom is -0.465 e. The number of hydrogen-bond acceptors (Lipinski definition) is 6. The second-order valence-corrected chi connectivity index (χ2v) is 5.81. The van der Waals surface area contributed by atoms with E-state index in [2.05, 4.69) is 19.8 Å². The Hall–Kier alpha value is -2.46. The third kappa shape index (κ3) is 4.64. The summed E-state index contributed by atoms with van der Waals surface area (Å²) in [5.41, 5.74) is -5.99. The zero-order valence-corrected chi connectivity index (χ0v) is 14.5. The van der Waals surface area contributed by atoms with Crippen molar-refractivity contribution in [2.75, 3.05) is 25.6 Å². The summed E-state index contributed by atoms with van der Waals surface area (Å²) < 4.78 is 76.1. The second kappa shape index (κ2) is 8.05. The molecule has 0 atom stereocenters. The lowest BCUT2D eigenvalue weighted by Gasteiger charge is -2.21. The average Bonchev–Trinajstić information content (AvgIpc) is 3.41. The molecule has 1 aromatic heterocycles. The third-order valence-electron chi connectivity index (χ3n) is 3.83. The fourth-order valence-corrected chi connectivity index (χ4v) is 2.42. The van der Waals surface area contributed by atoms with Crippen LogP contribution in [0.3, 0.4) is 0 Å². The molecule has 1 aliphatic carbocycles. The van der Waals surface area contributed by atoms with Gasteiger partial charge in [-0.3, -0.25) is 0 Å². The number of nitrogens with one attached hydrogen (secondary N) is 1. The maximum absolute atomic E-state index is 13.4. The van der Waals surface area contributed by atoms with E-state index in [9.17, 15) is 31.5 Å². The van der Waals surface area contributed by atoms with Gasteiger partial charge in [0.25, 0.3) is 6.43 Å². The van der Waals surface area contributed by atoms with Gasteiger partial charge >= 0.3 is 18.1 Å². The van der Waals surface area contributed by atoms with E-state index >= 15 is 0 Å². The normalized spacial score (nSPS) is 14.2. The molecular weight excluding hydrogens is 379 g/mol. The van der Waals surface area contributed by atoms with Crippen LogP contribution in [-0.4, -0.2) is 37.2 Å². The van der Waals surface area contributed by atoms with E-state index in [1.54, 1.807) is 0 Å². The molecule has 1 saturated carbocycles. The van der Waals surface area contributed by atoms with Crippen molar-refractivity contribution in [3.05, 3.63) is 22.5 Å². The van der Waals surface area contributed by atoms with Crippen LogP contribution in [0.2, 0.25) is 0 Å². The molecule has 6 nitrogen and oxygen atoms in total. The number of alkyl halides is 5. The minimum atomic E-state index is -5.23. The maximum Gasteiger partial charge on any atom is 0.434 e. The van der Waals surface area contributed by atoms with Crippen molar-refractivity contribution in [3.63, 3.8) is 0 Å². The first-order valence-corrected chi connectivity index (χ1v) is 8.04. The topological polar surface area (TPSA) is 77.5 Å². The number of methoxy groups -OCH3 is 1. The summed E-state index contributed by atoms with van der Waals surface area (Å²) in [5.74, 6) is -2.67. The number of ether oxygens (including phenoxy) is 2. The molecular formula is C16H17F5N2O4. The number of rotatable bonds is 7. The Morgan fingerprint density at radius 3 is 2.30 bits per heavy atom. The lowest BCUT2D eigenvalue weighted by molar-refractivity contribution is -0.142. The quantitative estimate of drug-likeness (QED) is 0.558. The van der Waals surface area contributed by atoms with Crippen molar-refractivity contribution < 1.29 is 41.0 Å². The van der Waals surface area contributed by atoms with Crippen LogP contribution in [0.25, 0.3) is 0 Å². The predicted molar refractivity (Wildman–Crippen MR) is 82.7 cm³/mol. The van der Waals surface area contributed by atoms with Crippen molar-refractivity contribution >= 4 is 17.6 Å². The number of halogens is 5. The maximum atomic E-state index is 13.4. The Balaban J connectivity index is 2.81. The van der Waals surface area contributed by atoms with Crippen LogP contribution in [0.4, 0.5) is 27.6 Å². The van der Waals surface area contributed by atoms with Crippen LogP contribution in [0.1, 0.15) is 58.3 Å². The summed E-state index contributed by atoms with van der Waals surface area (Å²) in [6, 6.07) is 0. The molecule has 0 saturated heterocycles. The molecule has 1 N–H and O–H groups in total. The number of carbonyl (C=O) groups is 2. The summed E-state index contributed by atoms with van der Waals surface area (Å²) in [4.78, 5) is 27.1. The van der Waals surface area contributed by atoms with Gasteiger partial charge in [0.15, 0.2) is 5.69 Å². The van der Waals surface area contributed by atoms with Gasteiger partial charge in [-0.05, 0) is 25.7 Å². The number of carbonyl (C=O) groups excluding carboxylic acids is 2. The monoisotopic (exact) mass is 396 g/mol. The number of anilines is 1. The molecule has 0 spiro atoms. The van der Waals surface area contributed by atoms with Crippen LogP contribution in [0.5, 0.6) is 0 Å². The molecule has 27 heavy (non-hydrogen) atoms. The van der Waals surface area contributed by atoms with E-state index in [4.69, 9.17) is 0 Å². The Morgan fingerprint density at radius 1 is 1.22 bits per heavy atom. The molecule has 0 amide bonds. The van der Waals surface area contributed by atoms with Crippen LogP contribution >= 0.6 is 0 Å². The van der Waals surface area contributed by atoms with E-state index in [0.29, 0.717) is 0 Å². The molecule has 0 unspecified atom stereocenters. The average molecular weight is 396 g/mol. The zero-order chi connectivity index (χ0) is 20.4. The molecule has 0 aliphatic heterocycles. The highest BCUT2D eigenvalue weighted by Crippen LogP contribution is 2.40. The van der Waals surface area contributed by atoms with Gasteiger partial charge in [-0.1, -0.05) is 0 Å². The standard InChI is InChI=1S/C16H17F5N2O4/c1-3-27-15(25)9-10(22-6-7-4-5-7)8(14(24)26-2)11(13(17)18)23-12(9)16(19,20)21/h7,13H,3-6H2,1-2H3,(H,22,23). The van der Waals surface area contributed by atoms with Gasteiger partial charge < -0.3 is 14.8 Å². The fraction of sp³-hybridized carbons (Fsp3) is 0.562. The summed E-state index contributed by atoms with van der Waals surface area (Å²) in [5, 5.41) is 2.53. The fourth-order valence-electron chi connectivity index (χ4n) is 2.42. The molecule has 2 rings (SSSR count). The SMILES string of the molecule is CCOC(=O)c1c(C(F)(F)F)nc(C(F)F)c(C(=O)OC)c1NCC1CC1. The lowest BCUT2D eigenvalue weighted by Crippen LogP contribution is -2.25. The molecule has 0 aromatic carbocycles. The highest BCUT2D eigenvalue weighted by Gasteiger charge is 2.43. The Kier molecular flexibility index (Phi) is 6.22. The number of nitrogens with zero attached hydrogens (tertiary/aromatic N) is 1. The van der Waals surface area contributed by atoms with Crippen molar-refractivity contribution in [3.8, 4) is 0 Å². The summed E-state index contributed by atoms with van der Waals surface area (Å²) in [7, 11) is 0.879. The summed E-state index contributed by atoms with van der Waals surface area (Å²) >= 11 is 0. The predicted octanol–water partition coefficient (Wildman–Crippen LogP) is 3.82. The Labute approximate surface area is 151 Å². The van der Waals surface area contributed by atoms with Crippen LogP contribution in [-0.2, 0) is 15.7 Å². The number of aromatic nitrogens is 1. The van der Waals surface area contributed by atoms with E-state index in [1.807, 2.05) is 0 Å². The molecule has 1 aliphatic rings. The number of hydrogen-bond donors (Lipinski definition) is 1. The first kappa shape index (κ1) is 20.8. The summed E-state index contributed by atoms with van der Waals surface area (Å²) in [6.07, 6.45) is -7.16. The third-order valence-corrected chi connectivity index (χ3v) is 3.83. The first-order chi connectivity index (χ1) is 12.6. The van der Waals surface area contributed by atoms with Crippen molar-refractivity contribution in [2.45, 2.75) is 32.4 Å². The zero-order valence-electron chi connectivity index (χ0n) is 14.5. The van der Waals surface area contributed by atoms with Crippen molar-refractivity contribution in [1.82, 2.24) is 4.98 Å². The van der Waals surface area contributed by atoms with E-state index in [0.717, 1.165) is 20.0 Å². The molecule has 1 aromatic rings. The molecule has 1 heterocycles. The highest BCUT2D eigenvalue weighted by molar-refractivity contribution is 6.06. The van der Waals surface area contributed by atoms with Crippen molar-refractivity contribution in [2.24, 2.45) is 5.92 Å². The summed E-state index contributed by atoms with van der Waals surface area (Å²) in [6.45, 7) is 1.20. The van der Waals surface area contributed by atoms with Gasteiger partial charge in [-0.2, -0.15) is 13.2 Å². The Morgan fingerprint density at radius 2 is 1.85 bits per heavy atom. The van der Waals surface area contributed by atoms with Gasteiger partial charge in [0.1, 0.15) is 16.8 Å². The van der Waals surface area contributed by atoms with Gasteiger partial charge in [0.05, 0.1) is 19.4 Å². The van der Waals surface area contributed by atoms with E-state index in [-0.39, 0.29) is 19.1 Å². The minimum absolute atomic E-state index is 0.0976. The molecule has 150 valence electrons. The van der Waals surface area contributed by atoms with Crippen molar-refractivity contribution in [1.29, 1.82) is 0 Å². The van der Waals surface area contributed by atoms with Gasteiger partial charge in [0, 0.05) is 6.54 Å². The van der Waals surface area contributed by atoms with Crippen LogP contribution < -0.4 is 5.32 Å². The highest BCUT2D eigenvalue weighted by atomic mass is 19.4. The van der Waals surface area contributed by atoms with Crippen LogP contribution in [0.15, 0.2) is 0 Å². The molecule has 1 fully saturated rings. The molecule has 0 bridgehead atoms. The number of esters is 2.